The van der Waals surface area contributed by atoms with Crippen molar-refractivity contribution in [2.24, 2.45) is 5.73 Å². The van der Waals surface area contributed by atoms with Crippen LogP contribution in [0.15, 0.2) is 24.3 Å². The number of hydrogen-bond donors (Lipinski definition) is 3. The zero-order chi connectivity index (χ0) is 17.9. The number of benzene rings is 1. The second kappa shape index (κ2) is 8.51. The Morgan fingerprint density at radius 3 is 2.48 bits per heavy atom. The summed E-state index contributed by atoms with van der Waals surface area (Å²) in [6.07, 6.45) is 0.343. The second-order valence-corrected chi connectivity index (χ2v) is 6.76. The molecular formula is C16H22Cl2N4O3. The number of nitrogens with zero attached hydrogens (tertiary/aromatic N) is 1. The van der Waals surface area contributed by atoms with Gasteiger partial charge in [-0.2, -0.15) is 0 Å². The number of urea groups is 1. The van der Waals surface area contributed by atoms with Crippen LogP contribution < -0.4 is 21.3 Å². The number of nitrogens with two attached hydrogens (primary N) is 1. The molecule has 0 aliphatic carbocycles. The molecule has 1 aromatic rings. The standard InChI is InChI=1S/C16H21ClN4O3.ClH/c1-16(2,9-18)20-13(22)8-7-12-14(23)21(15(24)19-12)11-5-3-10(17)4-6-11;/h3-6,12H,7-9,18H2,1-2H3,(H,19,24)(H,20,22);1H. The second-order valence-electron chi connectivity index (χ2n) is 6.33. The minimum absolute atomic E-state index is 0. The molecule has 2 rings (SSSR count). The van der Waals surface area contributed by atoms with E-state index < -0.39 is 17.6 Å². The van der Waals surface area contributed by atoms with Crippen LogP contribution >= 0.6 is 24.0 Å². The number of anilines is 1. The van der Waals surface area contributed by atoms with Gasteiger partial charge in [-0.25, -0.2) is 9.69 Å². The zero-order valence-corrected chi connectivity index (χ0v) is 15.6. The van der Waals surface area contributed by atoms with E-state index in [4.69, 9.17) is 17.3 Å². The molecule has 0 spiro atoms. The maximum absolute atomic E-state index is 12.4. The van der Waals surface area contributed by atoms with Crippen molar-refractivity contribution in [2.45, 2.75) is 38.3 Å². The Hall–Kier alpha value is -1.83. The molecule has 0 bridgehead atoms. The first-order chi connectivity index (χ1) is 11.2. The van der Waals surface area contributed by atoms with E-state index in [0.717, 1.165) is 4.90 Å². The van der Waals surface area contributed by atoms with Crippen molar-refractivity contribution >= 4 is 47.5 Å². The van der Waals surface area contributed by atoms with Gasteiger partial charge in [0.2, 0.25) is 5.91 Å². The Morgan fingerprint density at radius 1 is 1.32 bits per heavy atom. The number of halogens is 2. The molecule has 1 aliphatic heterocycles. The largest absolute Gasteiger partial charge is 0.350 e. The number of rotatable bonds is 6. The van der Waals surface area contributed by atoms with E-state index in [1.165, 1.54) is 0 Å². The molecule has 0 radical (unpaired) electrons. The lowest BCUT2D eigenvalue weighted by Gasteiger charge is -2.24. The van der Waals surface area contributed by atoms with E-state index >= 15 is 0 Å². The van der Waals surface area contributed by atoms with Crippen LogP contribution in [0.25, 0.3) is 0 Å². The highest BCUT2D eigenvalue weighted by Gasteiger charge is 2.39. The summed E-state index contributed by atoms with van der Waals surface area (Å²) in [5.41, 5.74) is 5.50. The molecule has 4 amide bonds. The molecule has 4 N–H and O–H groups in total. The van der Waals surface area contributed by atoms with Crippen molar-refractivity contribution in [3.63, 3.8) is 0 Å². The zero-order valence-electron chi connectivity index (χ0n) is 14.0. The predicted molar refractivity (Wildman–Crippen MR) is 99.0 cm³/mol. The van der Waals surface area contributed by atoms with Gasteiger partial charge in [-0.05, 0) is 44.5 Å². The number of carbonyl (C=O) groups is 3. The van der Waals surface area contributed by atoms with E-state index in [0.29, 0.717) is 17.3 Å². The molecular weight excluding hydrogens is 367 g/mol. The summed E-state index contributed by atoms with van der Waals surface area (Å²) in [6.45, 7) is 3.94. The number of hydrogen-bond acceptors (Lipinski definition) is 4. The summed E-state index contributed by atoms with van der Waals surface area (Å²) in [5, 5.41) is 5.90. The fourth-order valence-electron chi connectivity index (χ4n) is 2.33. The third kappa shape index (κ3) is 5.32. The summed E-state index contributed by atoms with van der Waals surface area (Å²) < 4.78 is 0. The van der Waals surface area contributed by atoms with Crippen molar-refractivity contribution in [1.29, 1.82) is 0 Å². The average Bonchev–Trinajstić information content (AvgIpc) is 2.80. The van der Waals surface area contributed by atoms with Crippen LogP contribution in [0.4, 0.5) is 10.5 Å². The summed E-state index contributed by atoms with van der Waals surface area (Å²) in [7, 11) is 0. The topological polar surface area (TPSA) is 105 Å². The van der Waals surface area contributed by atoms with Crippen LogP contribution in [0, 0.1) is 0 Å². The Kier molecular flexibility index (Phi) is 7.22. The molecule has 1 heterocycles. The van der Waals surface area contributed by atoms with Crippen molar-refractivity contribution in [1.82, 2.24) is 10.6 Å². The Balaban J connectivity index is 0.00000312. The number of carbonyl (C=O) groups excluding carboxylic acids is 3. The molecule has 1 aliphatic rings. The molecule has 1 aromatic carbocycles. The van der Waals surface area contributed by atoms with Crippen LogP contribution in [0.1, 0.15) is 26.7 Å². The van der Waals surface area contributed by atoms with E-state index in [9.17, 15) is 14.4 Å². The fraction of sp³-hybridized carbons (Fsp3) is 0.438. The molecule has 0 aromatic heterocycles. The smallest absolute Gasteiger partial charge is 0.329 e. The van der Waals surface area contributed by atoms with Gasteiger partial charge in [0.25, 0.3) is 5.91 Å². The minimum Gasteiger partial charge on any atom is -0.350 e. The summed E-state index contributed by atoms with van der Waals surface area (Å²) in [4.78, 5) is 37.4. The maximum atomic E-state index is 12.4. The third-order valence-electron chi connectivity index (χ3n) is 3.75. The third-order valence-corrected chi connectivity index (χ3v) is 4.00. The summed E-state index contributed by atoms with van der Waals surface area (Å²) >= 11 is 5.81. The van der Waals surface area contributed by atoms with Crippen molar-refractivity contribution in [3.8, 4) is 0 Å². The Morgan fingerprint density at radius 2 is 1.92 bits per heavy atom. The monoisotopic (exact) mass is 388 g/mol. The van der Waals surface area contributed by atoms with Gasteiger partial charge in [0.15, 0.2) is 0 Å². The molecule has 7 nitrogen and oxygen atoms in total. The quantitative estimate of drug-likeness (QED) is 0.646. The molecule has 1 unspecified atom stereocenters. The van der Waals surface area contributed by atoms with Crippen LogP contribution in [-0.2, 0) is 9.59 Å². The van der Waals surface area contributed by atoms with Crippen molar-refractivity contribution in [2.75, 3.05) is 11.4 Å². The lowest BCUT2D eigenvalue weighted by atomic mass is 10.1. The first kappa shape index (κ1) is 21.2. The number of amides is 4. The van der Waals surface area contributed by atoms with E-state index in [1.54, 1.807) is 24.3 Å². The fourth-order valence-corrected chi connectivity index (χ4v) is 2.45. The van der Waals surface area contributed by atoms with Gasteiger partial charge in [-0.15, -0.1) is 12.4 Å². The normalized spacial score (nSPS) is 17.1. The predicted octanol–water partition coefficient (Wildman–Crippen LogP) is 1.82. The van der Waals surface area contributed by atoms with Crippen molar-refractivity contribution < 1.29 is 14.4 Å². The van der Waals surface area contributed by atoms with E-state index in [2.05, 4.69) is 10.6 Å². The number of nitrogens with one attached hydrogen (secondary N) is 2. The van der Waals surface area contributed by atoms with Gasteiger partial charge in [0, 0.05) is 23.5 Å². The van der Waals surface area contributed by atoms with Gasteiger partial charge in [-0.3, -0.25) is 9.59 Å². The SMILES string of the molecule is CC(C)(CN)NC(=O)CCC1NC(=O)N(c2ccc(Cl)cc2)C1=O.Cl. The molecule has 0 saturated carbocycles. The minimum atomic E-state index is -0.722. The highest BCUT2D eigenvalue weighted by molar-refractivity contribution is 6.30. The molecule has 9 heteroatoms. The first-order valence-electron chi connectivity index (χ1n) is 7.64. The van der Waals surface area contributed by atoms with Crippen LogP contribution in [0.3, 0.4) is 0 Å². The molecule has 138 valence electrons. The van der Waals surface area contributed by atoms with E-state index in [1.807, 2.05) is 13.8 Å². The maximum Gasteiger partial charge on any atom is 0.329 e. The average molecular weight is 389 g/mol. The van der Waals surface area contributed by atoms with E-state index in [-0.39, 0.29) is 37.1 Å². The highest BCUT2D eigenvalue weighted by atomic mass is 35.5. The first-order valence-corrected chi connectivity index (χ1v) is 8.02. The van der Waals surface area contributed by atoms with Crippen LogP contribution in [0.2, 0.25) is 5.02 Å². The van der Waals surface area contributed by atoms with Crippen LogP contribution in [-0.4, -0.2) is 36.0 Å². The summed E-state index contributed by atoms with van der Waals surface area (Å²) in [6, 6.07) is 5.17. The van der Waals surface area contributed by atoms with Crippen LogP contribution in [0.5, 0.6) is 0 Å². The molecule has 1 fully saturated rings. The van der Waals surface area contributed by atoms with Crippen molar-refractivity contribution in [3.05, 3.63) is 29.3 Å². The molecule has 1 saturated heterocycles. The highest BCUT2D eigenvalue weighted by Crippen LogP contribution is 2.23. The van der Waals surface area contributed by atoms with Gasteiger partial charge in [0.1, 0.15) is 6.04 Å². The number of imide groups is 1. The molecule has 1 atom stereocenters. The molecule has 25 heavy (non-hydrogen) atoms. The summed E-state index contributed by atoms with van der Waals surface area (Å²) in [5.74, 6) is -0.592. The van der Waals surface area contributed by atoms with Gasteiger partial charge in [0.05, 0.1) is 5.69 Å². The van der Waals surface area contributed by atoms with Gasteiger partial charge >= 0.3 is 6.03 Å². The lowest BCUT2D eigenvalue weighted by Crippen LogP contribution is -2.49. The lowest BCUT2D eigenvalue weighted by molar-refractivity contribution is -0.123. The Labute approximate surface area is 157 Å². The van der Waals surface area contributed by atoms with Gasteiger partial charge < -0.3 is 16.4 Å². The Bertz CT molecular complexity index is 649. The van der Waals surface area contributed by atoms with Gasteiger partial charge in [-0.1, -0.05) is 11.6 Å².